The number of rotatable bonds is 13. The molecule has 2 nitrogen and oxygen atoms in total. The summed E-state index contributed by atoms with van der Waals surface area (Å²) in [6, 6.07) is 0. The first kappa shape index (κ1) is 22.0. The Morgan fingerprint density at radius 3 is 1.92 bits per heavy atom. The monoisotopic (exact) mass is 348 g/mol. The lowest BCUT2D eigenvalue weighted by Gasteiger charge is -2.29. The summed E-state index contributed by atoms with van der Waals surface area (Å²) in [5, 5.41) is 0. The molecule has 0 aromatic rings. The maximum atomic E-state index is 11.6. The minimum atomic E-state index is -0.239. The van der Waals surface area contributed by atoms with Gasteiger partial charge in [-0.05, 0) is 51.4 Å². The van der Waals surface area contributed by atoms with Crippen molar-refractivity contribution < 1.29 is 9.53 Å². The average Bonchev–Trinajstić information content (AvgIpc) is 2.60. The van der Waals surface area contributed by atoms with Crippen molar-refractivity contribution in [1.29, 1.82) is 0 Å². The van der Waals surface area contributed by atoms with Crippen LogP contribution in [0.3, 0.4) is 0 Å². The molecule has 144 valence electrons. The van der Waals surface area contributed by atoms with Crippen molar-refractivity contribution in [3.05, 3.63) is 24.3 Å². The van der Waals surface area contributed by atoms with Gasteiger partial charge in [0.2, 0.25) is 0 Å². The number of ether oxygens (including phenoxy) is 1. The van der Waals surface area contributed by atoms with Crippen LogP contribution < -0.4 is 0 Å². The molecular weight excluding hydrogens is 308 g/mol. The Balaban J connectivity index is 2.03. The zero-order chi connectivity index (χ0) is 18.5. The predicted octanol–water partition coefficient (Wildman–Crippen LogP) is 7.14. The van der Waals surface area contributed by atoms with Crippen LogP contribution in [-0.4, -0.2) is 12.1 Å². The molecular formula is C23H40O2. The molecule has 1 saturated carbocycles. The Labute approximate surface area is 156 Å². The van der Waals surface area contributed by atoms with Crippen molar-refractivity contribution in [1.82, 2.24) is 0 Å². The molecule has 0 heterocycles. The SMILES string of the molecule is C=C(C)C(=O)OC1CCC(C(=C)CCCCCCCCCCC)CC1. The molecule has 0 spiro atoms. The standard InChI is InChI=1S/C23H40O2/c1-5-6-7-8-9-10-11-12-13-14-20(4)21-15-17-22(18-16-21)25-23(24)19(2)3/h21-22H,2,4-18H2,1,3H3. The Hall–Kier alpha value is -1.05. The molecule has 0 N–H and O–H groups in total. The minimum Gasteiger partial charge on any atom is -0.459 e. The molecule has 1 rings (SSSR count). The highest BCUT2D eigenvalue weighted by atomic mass is 16.5. The smallest absolute Gasteiger partial charge is 0.333 e. The van der Waals surface area contributed by atoms with Crippen molar-refractivity contribution >= 4 is 5.97 Å². The van der Waals surface area contributed by atoms with Crippen LogP contribution in [0.2, 0.25) is 0 Å². The summed E-state index contributed by atoms with van der Waals surface area (Å²) in [5.41, 5.74) is 1.92. The van der Waals surface area contributed by atoms with Gasteiger partial charge in [0.15, 0.2) is 0 Å². The van der Waals surface area contributed by atoms with Gasteiger partial charge in [-0.25, -0.2) is 4.79 Å². The number of esters is 1. The van der Waals surface area contributed by atoms with Crippen molar-refractivity contribution in [3.63, 3.8) is 0 Å². The highest BCUT2D eigenvalue weighted by Gasteiger charge is 2.25. The fourth-order valence-electron chi connectivity index (χ4n) is 3.71. The minimum absolute atomic E-state index is 0.0842. The van der Waals surface area contributed by atoms with Crippen LogP contribution in [0.4, 0.5) is 0 Å². The van der Waals surface area contributed by atoms with Gasteiger partial charge < -0.3 is 4.74 Å². The third kappa shape index (κ3) is 9.87. The second-order valence-corrected chi connectivity index (χ2v) is 7.90. The van der Waals surface area contributed by atoms with Gasteiger partial charge in [-0.3, -0.25) is 0 Å². The predicted molar refractivity (Wildman–Crippen MR) is 108 cm³/mol. The molecule has 0 radical (unpaired) electrons. The van der Waals surface area contributed by atoms with Crippen molar-refractivity contribution in [2.24, 2.45) is 5.92 Å². The molecule has 0 amide bonds. The fraction of sp³-hybridized carbons (Fsp3) is 0.783. The first-order valence-electron chi connectivity index (χ1n) is 10.6. The fourth-order valence-corrected chi connectivity index (χ4v) is 3.71. The van der Waals surface area contributed by atoms with Crippen LogP contribution in [0, 0.1) is 5.92 Å². The van der Waals surface area contributed by atoms with Crippen LogP contribution in [-0.2, 0) is 9.53 Å². The number of allylic oxidation sites excluding steroid dienone is 1. The third-order valence-corrected chi connectivity index (χ3v) is 5.48. The lowest BCUT2D eigenvalue weighted by molar-refractivity contribution is -0.145. The van der Waals surface area contributed by atoms with Crippen LogP contribution >= 0.6 is 0 Å². The number of carbonyl (C=O) groups excluding carboxylic acids is 1. The van der Waals surface area contributed by atoms with E-state index in [4.69, 9.17) is 4.74 Å². The molecule has 2 heteroatoms. The first-order chi connectivity index (χ1) is 12.0. The topological polar surface area (TPSA) is 26.3 Å². The molecule has 0 aliphatic heterocycles. The third-order valence-electron chi connectivity index (χ3n) is 5.48. The molecule has 0 aromatic carbocycles. The molecule has 0 aromatic heterocycles. The quantitative estimate of drug-likeness (QED) is 0.153. The van der Waals surface area contributed by atoms with Crippen molar-refractivity contribution in [2.75, 3.05) is 0 Å². The Morgan fingerprint density at radius 1 is 0.880 bits per heavy atom. The van der Waals surface area contributed by atoms with E-state index in [1.807, 2.05) is 0 Å². The normalized spacial score (nSPS) is 20.2. The molecule has 0 atom stereocenters. The van der Waals surface area contributed by atoms with E-state index in [0.717, 1.165) is 25.7 Å². The molecule has 1 aliphatic carbocycles. The van der Waals surface area contributed by atoms with Gasteiger partial charge in [-0.2, -0.15) is 0 Å². The molecule has 1 aliphatic rings. The summed E-state index contributed by atoms with van der Waals surface area (Å²) in [6.45, 7) is 12.0. The van der Waals surface area contributed by atoms with Crippen LogP contribution in [0.25, 0.3) is 0 Å². The van der Waals surface area contributed by atoms with Gasteiger partial charge in [0.1, 0.15) is 6.10 Å². The van der Waals surface area contributed by atoms with E-state index < -0.39 is 0 Å². The molecule has 1 fully saturated rings. The van der Waals surface area contributed by atoms with E-state index in [0.29, 0.717) is 11.5 Å². The van der Waals surface area contributed by atoms with E-state index in [2.05, 4.69) is 20.1 Å². The van der Waals surface area contributed by atoms with Crippen LogP contribution in [0.15, 0.2) is 24.3 Å². The lowest BCUT2D eigenvalue weighted by atomic mass is 9.81. The van der Waals surface area contributed by atoms with Gasteiger partial charge in [0, 0.05) is 5.57 Å². The van der Waals surface area contributed by atoms with Gasteiger partial charge in [-0.15, -0.1) is 0 Å². The number of hydrogen-bond donors (Lipinski definition) is 0. The van der Waals surface area contributed by atoms with Gasteiger partial charge in [0.25, 0.3) is 0 Å². The maximum Gasteiger partial charge on any atom is 0.333 e. The van der Waals surface area contributed by atoms with E-state index in [1.165, 1.54) is 69.8 Å². The summed E-state index contributed by atoms with van der Waals surface area (Å²) >= 11 is 0. The van der Waals surface area contributed by atoms with Gasteiger partial charge in [-0.1, -0.05) is 77.0 Å². The Morgan fingerprint density at radius 2 is 1.40 bits per heavy atom. The highest BCUT2D eigenvalue weighted by molar-refractivity contribution is 5.87. The van der Waals surface area contributed by atoms with Crippen LogP contribution in [0.5, 0.6) is 0 Å². The molecule has 0 bridgehead atoms. The maximum absolute atomic E-state index is 11.6. The van der Waals surface area contributed by atoms with E-state index >= 15 is 0 Å². The molecule has 25 heavy (non-hydrogen) atoms. The summed E-state index contributed by atoms with van der Waals surface area (Å²) in [6.07, 6.45) is 17.8. The van der Waals surface area contributed by atoms with Gasteiger partial charge in [0.05, 0.1) is 0 Å². The van der Waals surface area contributed by atoms with Crippen molar-refractivity contribution in [3.8, 4) is 0 Å². The molecule has 0 saturated heterocycles. The van der Waals surface area contributed by atoms with E-state index in [1.54, 1.807) is 6.92 Å². The van der Waals surface area contributed by atoms with E-state index in [-0.39, 0.29) is 12.1 Å². The number of unbranched alkanes of at least 4 members (excludes halogenated alkanes) is 8. The summed E-state index contributed by atoms with van der Waals surface area (Å²) in [7, 11) is 0. The zero-order valence-electron chi connectivity index (χ0n) is 16.8. The average molecular weight is 349 g/mol. The summed E-state index contributed by atoms with van der Waals surface area (Å²) < 4.78 is 5.47. The summed E-state index contributed by atoms with van der Waals surface area (Å²) in [4.78, 5) is 11.6. The number of carbonyl (C=O) groups is 1. The zero-order valence-corrected chi connectivity index (χ0v) is 16.8. The highest BCUT2D eigenvalue weighted by Crippen LogP contribution is 2.33. The van der Waals surface area contributed by atoms with Gasteiger partial charge >= 0.3 is 5.97 Å². The second kappa shape index (κ2) is 13.2. The van der Waals surface area contributed by atoms with Crippen LogP contribution in [0.1, 0.15) is 104 Å². The lowest BCUT2D eigenvalue weighted by Crippen LogP contribution is -2.25. The first-order valence-corrected chi connectivity index (χ1v) is 10.6. The van der Waals surface area contributed by atoms with Crippen molar-refractivity contribution in [2.45, 2.75) is 110 Å². The Bertz CT molecular complexity index is 402. The van der Waals surface area contributed by atoms with E-state index in [9.17, 15) is 4.79 Å². The summed E-state index contributed by atoms with van der Waals surface area (Å²) in [5.74, 6) is 0.394. The largest absolute Gasteiger partial charge is 0.459 e. The second-order valence-electron chi connectivity index (χ2n) is 7.90. The number of hydrogen-bond acceptors (Lipinski definition) is 2. The Kier molecular flexibility index (Phi) is 11.6. The molecule has 0 unspecified atom stereocenters.